The highest BCUT2D eigenvalue weighted by Gasteiger charge is 2.23. The lowest BCUT2D eigenvalue weighted by Gasteiger charge is -2.28. The van der Waals surface area contributed by atoms with Gasteiger partial charge in [-0.3, -0.25) is 14.8 Å². The van der Waals surface area contributed by atoms with E-state index in [1.165, 1.54) is 11.1 Å². The quantitative estimate of drug-likeness (QED) is 0.327. The Bertz CT molecular complexity index is 859. The van der Waals surface area contributed by atoms with Crippen molar-refractivity contribution in [1.29, 1.82) is 0 Å². The summed E-state index contributed by atoms with van der Waals surface area (Å²) in [5.41, 5.74) is 5.92. The first-order valence-electron chi connectivity index (χ1n) is 11.1. The van der Waals surface area contributed by atoms with Crippen LogP contribution in [0.2, 0.25) is 0 Å². The van der Waals surface area contributed by atoms with Crippen molar-refractivity contribution in [3.63, 3.8) is 0 Å². The van der Waals surface area contributed by atoms with Crippen molar-refractivity contribution < 1.29 is 14.8 Å². The molecule has 166 valence electrons. The largest absolute Gasteiger partial charge is 0.326 e. The van der Waals surface area contributed by atoms with E-state index in [4.69, 9.17) is 5.21 Å². The number of unbranched alkanes of at least 4 members (excludes halogenated alkanes) is 1. The lowest BCUT2D eigenvalue weighted by atomic mass is 9.96. The highest BCUT2D eigenvalue weighted by Crippen LogP contribution is 2.20. The SMILES string of the molecule is CN1CCC(C(=O)Nc2cccc(CCCCc3ccc(CC(=O)NO)cc3)c2)CC1. The van der Waals surface area contributed by atoms with Crippen molar-refractivity contribution >= 4 is 17.5 Å². The van der Waals surface area contributed by atoms with Gasteiger partial charge in [0.2, 0.25) is 11.8 Å². The fourth-order valence-electron chi connectivity index (χ4n) is 4.03. The number of aryl methyl sites for hydroxylation is 2. The van der Waals surface area contributed by atoms with E-state index < -0.39 is 5.91 Å². The number of likely N-dealkylation sites (tertiary alicyclic amines) is 1. The Hall–Kier alpha value is -2.70. The van der Waals surface area contributed by atoms with Gasteiger partial charge in [0, 0.05) is 11.6 Å². The number of hydroxylamine groups is 1. The number of carbonyl (C=O) groups is 2. The molecule has 0 radical (unpaired) electrons. The van der Waals surface area contributed by atoms with Crippen LogP contribution in [0, 0.1) is 5.92 Å². The summed E-state index contributed by atoms with van der Waals surface area (Å²) in [5.74, 6) is -0.146. The average Bonchev–Trinajstić information content (AvgIpc) is 2.78. The molecule has 0 spiro atoms. The van der Waals surface area contributed by atoms with Gasteiger partial charge in [-0.25, -0.2) is 5.48 Å². The van der Waals surface area contributed by atoms with Gasteiger partial charge in [-0.2, -0.15) is 0 Å². The average molecular weight is 424 g/mol. The monoisotopic (exact) mass is 423 g/mol. The minimum atomic E-state index is -0.405. The van der Waals surface area contributed by atoms with Crippen molar-refractivity contribution in [2.75, 3.05) is 25.5 Å². The number of hydrogen-bond acceptors (Lipinski definition) is 4. The first-order chi connectivity index (χ1) is 15.0. The Morgan fingerprint density at radius 1 is 0.968 bits per heavy atom. The molecular weight excluding hydrogens is 390 g/mol. The summed E-state index contributed by atoms with van der Waals surface area (Å²) < 4.78 is 0. The Morgan fingerprint density at radius 3 is 2.29 bits per heavy atom. The van der Waals surface area contributed by atoms with Gasteiger partial charge >= 0.3 is 0 Å². The second-order valence-corrected chi connectivity index (χ2v) is 8.50. The van der Waals surface area contributed by atoms with E-state index in [9.17, 15) is 9.59 Å². The lowest BCUT2D eigenvalue weighted by Crippen LogP contribution is -2.35. The topological polar surface area (TPSA) is 81.7 Å². The number of benzene rings is 2. The number of anilines is 1. The zero-order chi connectivity index (χ0) is 22.1. The van der Waals surface area contributed by atoms with Crippen molar-refractivity contribution in [3.05, 3.63) is 65.2 Å². The second kappa shape index (κ2) is 11.6. The lowest BCUT2D eigenvalue weighted by molar-refractivity contribution is -0.128. The van der Waals surface area contributed by atoms with Crippen LogP contribution in [0.15, 0.2) is 48.5 Å². The van der Waals surface area contributed by atoms with Crippen LogP contribution in [0.5, 0.6) is 0 Å². The van der Waals surface area contributed by atoms with Crippen LogP contribution >= 0.6 is 0 Å². The van der Waals surface area contributed by atoms with Gasteiger partial charge in [0.25, 0.3) is 0 Å². The molecule has 0 aromatic heterocycles. The van der Waals surface area contributed by atoms with Crippen LogP contribution in [0.25, 0.3) is 0 Å². The summed E-state index contributed by atoms with van der Waals surface area (Å²) in [4.78, 5) is 26.0. The first kappa shape index (κ1) is 23.0. The molecular formula is C25H33N3O3. The molecule has 2 aromatic carbocycles. The van der Waals surface area contributed by atoms with Gasteiger partial charge in [0.15, 0.2) is 0 Å². The van der Waals surface area contributed by atoms with Gasteiger partial charge in [-0.05, 0) is 87.5 Å². The number of nitrogens with one attached hydrogen (secondary N) is 2. The van der Waals surface area contributed by atoms with Crippen LogP contribution in [0.3, 0.4) is 0 Å². The smallest absolute Gasteiger partial charge is 0.247 e. The molecule has 6 nitrogen and oxygen atoms in total. The molecule has 3 rings (SSSR count). The third-order valence-corrected chi connectivity index (χ3v) is 5.98. The molecule has 3 N–H and O–H groups in total. The molecule has 1 saturated heterocycles. The maximum Gasteiger partial charge on any atom is 0.247 e. The van der Waals surface area contributed by atoms with E-state index in [0.717, 1.165) is 62.9 Å². The summed E-state index contributed by atoms with van der Waals surface area (Å²) in [5, 5.41) is 11.7. The molecule has 1 aliphatic heterocycles. The number of hydrogen-bond donors (Lipinski definition) is 3. The van der Waals surface area contributed by atoms with Gasteiger partial charge < -0.3 is 10.2 Å². The fourth-order valence-corrected chi connectivity index (χ4v) is 4.03. The maximum atomic E-state index is 12.5. The van der Waals surface area contributed by atoms with Gasteiger partial charge in [0.05, 0.1) is 6.42 Å². The minimum Gasteiger partial charge on any atom is -0.326 e. The maximum absolute atomic E-state index is 12.5. The second-order valence-electron chi connectivity index (χ2n) is 8.50. The van der Waals surface area contributed by atoms with E-state index >= 15 is 0 Å². The van der Waals surface area contributed by atoms with Crippen LogP contribution < -0.4 is 10.8 Å². The molecule has 0 aliphatic carbocycles. The summed E-state index contributed by atoms with van der Waals surface area (Å²) in [6.45, 7) is 1.97. The zero-order valence-corrected chi connectivity index (χ0v) is 18.3. The van der Waals surface area contributed by atoms with Gasteiger partial charge in [-0.1, -0.05) is 36.4 Å². The molecule has 0 unspecified atom stereocenters. The summed E-state index contributed by atoms with van der Waals surface area (Å²) in [6, 6.07) is 16.1. The van der Waals surface area contributed by atoms with Crippen LogP contribution in [0.4, 0.5) is 5.69 Å². The number of amides is 2. The molecule has 0 saturated carbocycles. The van der Waals surface area contributed by atoms with E-state index in [1.807, 2.05) is 36.4 Å². The normalized spacial score (nSPS) is 14.9. The highest BCUT2D eigenvalue weighted by molar-refractivity contribution is 5.92. The van der Waals surface area contributed by atoms with Crippen molar-refractivity contribution in [2.24, 2.45) is 5.92 Å². The van der Waals surface area contributed by atoms with Crippen molar-refractivity contribution in [1.82, 2.24) is 10.4 Å². The number of rotatable bonds is 9. The standard InChI is InChI=1S/C25H33N3O3/c1-28-15-13-22(14-16-28)25(30)26-23-8-4-7-20(17-23)6-3-2-5-19-9-11-21(12-10-19)18-24(29)27-31/h4,7-12,17,22,31H,2-3,5-6,13-16,18H2,1H3,(H,26,30)(H,27,29). The van der Waals surface area contributed by atoms with Gasteiger partial charge in [0.1, 0.15) is 0 Å². The van der Waals surface area contributed by atoms with Gasteiger partial charge in [-0.15, -0.1) is 0 Å². The van der Waals surface area contributed by atoms with Crippen LogP contribution in [0.1, 0.15) is 42.4 Å². The molecule has 0 bridgehead atoms. The molecule has 2 amide bonds. The zero-order valence-electron chi connectivity index (χ0n) is 18.3. The molecule has 31 heavy (non-hydrogen) atoms. The van der Waals surface area contributed by atoms with Crippen molar-refractivity contribution in [2.45, 2.75) is 44.9 Å². The van der Waals surface area contributed by atoms with Crippen molar-refractivity contribution in [3.8, 4) is 0 Å². The number of piperidine rings is 1. The highest BCUT2D eigenvalue weighted by atomic mass is 16.5. The minimum absolute atomic E-state index is 0.115. The molecule has 6 heteroatoms. The number of carbonyl (C=O) groups excluding carboxylic acids is 2. The Labute approximate surface area is 184 Å². The Balaban J connectivity index is 1.41. The summed E-state index contributed by atoms with van der Waals surface area (Å²) in [6.07, 6.45) is 6.14. The van der Waals surface area contributed by atoms with Crippen LogP contribution in [-0.4, -0.2) is 42.1 Å². The fraction of sp³-hybridized carbons (Fsp3) is 0.440. The Morgan fingerprint density at radius 2 is 1.61 bits per heavy atom. The van der Waals surface area contributed by atoms with E-state index in [1.54, 1.807) is 5.48 Å². The van der Waals surface area contributed by atoms with E-state index in [2.05, 4.69) is 29.4 Å². The van der Waals surface area contributed by atoms with E-state index in [-0.39, 0.29) is 18.2 Å². The molecule has 2 aromatic rings. The summed E-state index contributed by atoms with van der Waals surface area (Å²) >= 11 is 0. The van der Waals surface area contributed by atoms with Crippen LogP contribution in [-0.2, 0) is 28.9 Å². The first-order valence-corrected chi connectivity index (χ1v) is 11.1. The predicted molar refractivity (Wildman–Crippen MR) is 122 cm³/mol. The van der Waals surface area contributed by atoms with E-state index in [0.29, 0.717) is 0 Å². The molecule has 1 aliphatic rings. The predicted octanol–water partition coefficient (Wildman–Crippen LogP) is 3.58. The molecule has 1 fully saturated rings. The summed E-state index contributed by atoms with van der Waals surface area (Å²) in [7, 11) is 2.10. The third-order valence-electron chi connectivity index (χ3n) is 5.98. The number of nitrogens with zero attached hydrogens (tertiary/aromatic N) is 1. The Kier molecular flexibility index (Phi) is 8.62. The molecule has 1 heterocycles. The molecule has 0 atom stereocenters. The third kappa shape index (κ3) is 7.49.